The number of anilines is 3. The van der Waals surface area contributed by atoms with Crippen molar-refractivity contribution in [3.8, 4) is 11.5 Å². The summed E-state index contributed by atoms with van der Waals surface area (Å²) < 4.78 is 52.9. The first-order valence-electron chi connectivity index (χ1n) is 12.0. The average Bonchev–Trinajstić information content (AvgIpc) is 3.74. The highest BCUT2D eigenvalue weighted by atomic mass is 19.1. The molecular formula is C27H23F3N4O6. The van der Waals surface area contributed by atoms with Crippen LogP contribution < -0.4 is 20.7 Å². The van der Waals surface area contributed by atoms with Crippen LogP contribution in [-0.4, -0.2) is 41.7 Å². The highest BCUT2D eigenvalue weighted by Gasteiger charge is 2.56. The summed E-state index contributed by atoms with van der Waals surface area (Å²) in [5, 5.41) is 7.44. The second-order valence-corrected chi connectivity index (χ2v) is 8.92. The Bertz CT molecular complexity index is 1450. The molecule has 0 saturated heterocycles. The Morgan fingerprint density at radius 3 is 2.38 bits per heavy atom. The first-order valence-corrected chi connectivity index (χ1v) is 12.0. The van der Waals surface area contributed by atoms with Crippen LogP contribution in [0.4, 0.5) is 30.4 Å². The summed E-state index contributed by atoms with van der Waals surface area (Å²) >= 11 is 0. The second-order valence-electron chi connectivity index (χ2n) is 8.92. The SMILES string of the molecule is C[C@@H](C=O)OC(=O)CNc1cc(Oc2cc(F)c(NC(=O)C3(C(=O)Nc4ccc(F)cc4)CC3)cc2F)ccn1. The Morgan fingerprint density at radius 1 is 1.00 bits per heavy atom. The van der Waals surface area contributed by atoms with Gasteiger partial charge in [-0.2, -0.15) is 0 Å². The van der Waals surface area contributed by atoms with Gasteiger partial charge >= 0.3 is 5.97 Å². The van der Waals surface area contributed by atoms with Crippen LogP contribution in [0.25, 0.3) is 0 Å². The van der Waals surface area contributed by atoms with E-state index in [9.17, 15) is 32.3 Å². The number of esters is 1. The zero-order valence-electron chi connectivity index (χ0n) is 21.0. The van der Waals surface area contributed by atoms with Gasteiger partial charge in [0, 0.05) is 30.1 Å². The van der Waals surface area contributed by atoms with Crippen LogP contribution in [0.5, 0.6) is 11.5 Å². The zero-order valence-corrected chi connectivity index (χ0v) is 21.0. The van der Waals surface area contributed by atoms with Gasteiger partial charge in [0.2, 0.25) is 11.8 Å². The molecule has 1 aromatic heterocycles. The number of benzene rings is 2. The molecule has 1 fully saturated rings. The quantitative estimate of drug-likeness (QED) is 0.182. The van der Waals surface area contributed by atoms with Crippen molar-refractivity contribution in [2.75, 3.05) is 22.5 Å². The van der Waals surface area contributed by atoms with Crippen molar-refractivity contribution in [2.24, 2.45) is 5.41 Å². The highest BCUT2D eigenvalue weighted by molar-refractivity contribution is 6.16. The van der Waals surface area contributed by atoms with Crippen molar-refractivity contribution in [1.82, 2.24) is 4.98 Å². The normalized spacial score (nSPS) is 13.9. The summed E-state index contributed by atoms with van der Waals surface area (Å²) in [4.78, 5) is 51.8. The minimum atomic E-state index is -1.47. The summed E-state index contributed by atoms with van der Waals surface area (Å²) in [6.45, 7) is 1.09. The van der Waals surface area contributed by atoms with E-state index in [-0.39, 0.29) is 36.6 Å². The molecule has 2 aromatic carbocycles. The van der Waals surface area contributed by atoms with Gasteiger partial charge in [0.15, 0.2) is 29.8 Å². The van der Waals surface area contributed by atoms with Gasteiger partial charge in [-0.3, -0.25) is 19.2 Å². The molecule has 1 aliphatic rings. The third kappa shape index (κ3) is 6.73. The number of aromatic nitrogens is 1. The standard InChI is InChI=1S/C27H23F3N4O6/c1-15(14-35)39-24(36)13-32-23-10-18(6-9-31-23)40-22-12-19(29)21(11-20(22)30)34-26(38)27(7-8-27)25(37)33-17-4-2-16(28)3-5-17/h2-6,9-12,14-15H,7-8,13H2,1H3,(H,31,32)(H,33,37)(H,34,38)/t15-/m0/s1. The molecule has 1 heterocycles. The number of rotatable bonds is 11. The Balaban J connectivity index is 1.39. The smallest absolute Gasteiger partial charge is 0.326 e. The molecule has 0 unspecified atom stereocenters. The molecule has 1 saturated carbocycles. The number of amides is 2. The van der Waals surface area contributed by atoms with Gasteiger partial charge in [-0.05, 0) is 50.1 Å². The van der Waals surface area contributed by atoms with E-state index < -0.39 is 58.2 Å². The molecule has 4 rings (SSSR count). The van der Waals surface area contributed by atoms with E-state index in [1.54, 1.807) is 0 Å². The van der Waals surface area contributed by atoms with Crippen LogP contribution in [0.1, 0.15) is 19.8 Å². The lowest BCUT2D eigenvalue weighted by atomic mass is 10.0. The predicted molar refractivity (Wildman–Crippen MR) is 136 cm³/mol. The van der Waals surface area contributed by atoms with Gasteiger partial charge in [0.05, 0.1) is 5.69 Å². The third-order valence-electron chi connectivity index (χ3n) is 5.87. The van der Waals surface area contributed by atoms with Crippen LogP contribution in [0.2, 0.25) is 0 Å². The average molecular weight is 556 g/mol. The number of hydrogen-bond donors (Lipinski definition) is 3. The number of carbonyl (C=O) groups is 4. The van der Waals surface area contributed by atoms with Gasteiger partial charge in [-0.15, -0.1) is 0 Å². The lowest BCUT2D eigenvalue weighted by Gasteiger charge is -2.16. The highest BCUT2D eigenvalue weighted by Crippen LogP contribution is 2.47. The summed E-state index contributed by atoms with van der Waals surface area (Å²) in [6, 6.07) is 9.10. The van der Waals surface area contributed by atoms with Crippen molar-refractivity contribution in [1.29, 1.82) is 0 Å². The maximum Gasteiger partial charge on any atom is 0.326 e. The molecule has 0 spiro atoms. The molecule has 1 atom stereocenters. The number of hydrogen-bond acceptors (Lipinski definition) is 8. The summed E-state index contributed by atoms with van der Waals surface area (Å²) in [6.07, 6.45) is 1.25. The maximum atomic E-state index is 14.8. The first kappa shape index (κ1) is 28.1. The molecular weight excluding hydrogens is 533 g/mol. The number of nitrogens with zero attached hydrogens (tertiary/aromatic N) is 1. The molecule has 0 radical (unpaired) electrons. The van der Waals surface area contributed by atoms with E-state index in [4.69, 9.17) is 9.47 Å². The molecule has 40 heavy (non-hydrogen) atoms. The Hall–Kier alpha value is -4.94. The molecule has 1 aliphatic carbocycles. The van der Waals surface area contributed by atoms with Crippen molar-refractivity contribution < 1.29 is 41.8 Å². The van der Waals surface area contributed by atoms with E-state index >= 15 is 0 Å². The minimum absolute atomic E-state index is 0.0524. The largest absolute Gasteiger partial charge is 0.454 e. The minimum Gasteiger partial charge on any atom is -0.454 e. The van der Waals surface area contributed by atoms with Gasteiger partial charge in [-0.25, -0.2) is 18.2 Å². The zero-order chi connectivity index (χ0) is 28.9. The third-order valence-corrected chi connectivity index (χ3v) is 5.87. The number of pyridine rings is 1. The second kappa shape index (κ2) is 11.8. The van der Waals surface area contributed by atoms with Crippen LogP contribution in [0.3, 0.4) is 0 Å². The fourth-order valence-corrected chi connectivity index (χ4v) is 3.55. The maximum absolute atomic E-state index is 14.8. The molecule has 3 N–H and O–H groups in total. The van der Waals surface area contributed by atoms with Gasteiger partial charge in [-0.1, -0.05) is 0 Å². The number of nitrogens with one attached hydrogen (secondary N) is 3. The molecule has 208 valence electrons. The number of halogens is 3. The van der Waals surface area contributed by atoms with Crippen molar-refractivity contribution in [3.63, 3.8) is 0 Å². The molecule has 2 amide bonds. The van der Waals surface area contributed by atoms with Gasteiger partial charge < -0.3 is 25.4 Å². The van der Waals surface area contributed by atoms with E-state index in [1.807, 2.05) is 0 Å². The lowest BCUT2D eigenvalue weighted by molar-refractivity contribution is -0.148. The van der Waals surface area contributed by atoms with Crippen LogP contribution >= 0.6 is 0 Å². The van der Waals surface area contributed by atoms with E-state index in [2.05, 4.69) is 20.9 Å². The van der Waals surface area contributed by atoms with Crippen molar-refractivity contribution in [3.05, 3.63) is 72.2 Å². The molecule has 0 aliphatic heterocycles. The monoisotopic (exact) mass is 556 g/mol. The van der Waals surface area contributed by atoms with Crippen molar-refractivity contribution >= 4 is 41.3 Å². The Labute approximate surface area is 225 Å². The van der Waals surface area contributed by atoms with E-state index in [0.717, 1.165) is 24.3 Å². The number of carbonyl (C=O) groups excluding carboxylic acids is 4. The Morgan fingerprint density at radius 2 is 1.70 bits per heavy atom. The predicted octanol–water partition coefficient (Wildman–Crippen LogP) is 4.19. The summed E-state index contributed by atoms with van der Waals surface area (Å²) in [5.74, 6) is -4.97. The van der Waals surface area contributed by atoms with Crippen LogP contribution in [0, 0.1) is 22.9 Å². The summed E-state index contributed by atoms with van der Waals surface area (Å²) in [7, 11) is 0. The first-order chi connectivity index (χ1) is 19.1. The Kier molecular flexibility index (Phi) is 8.31. The van der Waals surface area contributed by atoms with Crippen molar-refractivity contribution in [2.45, 2.75) is 25.9 Å². The summed E-state index contributed by atoms with van der Waals surface area (Å²) in [5.41, 5.74) is -1.67. The molecule has 10 nitrogen and oxygen atoms in total. The molecule has 3 aromatic rings. The van der Waals surface area contributed by atoms with E-state index in [0.29, 0.717) is 6.29 Å². The topological polar surface area (TPSA) is 136 Å². The fourth-order valence-electron chi connectivity index (χ4n) is 3.55. The van der Waals surface area contributed by atoms with Crippen LogP contribution in [0.15, 0.2) is 54.7 Å². The van der Waals surface area contributed by atoms with E-state index in [1.165, 1.54) is 37.4 Å². The lowest BCUT2D eigenvalue weighted by Crippen LogP contribution is -2.35. The van der Waals surface area contributed by atoms with Gasteiger partial charge in [0.1, 0.15) is 29.3 Å². The molecule has 13 heteroatoms. The van der Waals surface area contributed by atoms with Crippen LogP contribution in [-0.2, 0) is 23.9 Å². The molecule has 0 bridgehead atoms. The fraction of sp³-hybridized carbons (Fsp3) is 0.222. The number of ether oxygens (including phenoxy) is 2. The number of aldehydes is 1. The van der Waals surface area contributed by atoms with Gasteiger partial charge in [0.25, 0.3) is 0 Å².